The van der Waals surface area contributed by atoms with Crippen LogP contribution in [-0.2, 0) is 14.3 Å². The number of Topliss-reactive ketones (excluding diaryl/α,β-unsaturated/α-hetero) is 1. The molecule has 0 fully saturated rings. The SMILES string of the molecule is CCOC(=O)C1=C(N)N(c2cccc(C)c2)C2=C(C(=O)CC(C)(C)C2)[C@@H]1c1ccc(OC)cc1. The third kappa shape index (κ3) is 4.20. The van der Waals surface area contributed by atoms with Gasteiger partial charge < -0.3 is 15.2 Å². The fraction of sp³-hybridized carbons (Fsp3) is 0.357. The number of hydrogen-bond acceptors (Lipinski definition) is 6. The number of allylic oxidation sites excluding steroid dienone is 2. The predicted molar refractivity (Wildman–Crippen MR) is 132 cm³/mol. The maximum absolute atomic E-state index is 13.7. The Labute approximate surface area is 201 Å². The van der Waals surface area contributed by atoms with E-state index in [2.05, 4.69) is 13.8 Å². The van der Waals surface area contributed by atoms with Gasteiger partial charge in [-0.15, -0.1) is 0 Å². The Kier molecular flexibility index (Phi) is 6.26. The minimum absolute atomic E-state index is 0.0269. The minimum atomic E-state index is -0.607. The fourth-order valence-corrected chi connectivity index (χ4v) is 5.01. The summed E-state index contributed by atoms with van der Waals surface area (Å²) in [5.74, 6) is -0.0960. The number of carbonyl (C=O) groups excluding carboxylic acids is 2. The molecular weight excluding hydrogens is 428 g/mol. The Bertz CT molecular complexity index is 1190. The number of esters is 1. The van der Waals surface area contributed by atoms with E-state index in [9.17, 15) is 9.59 Å². The van der Waals surface area contributed by atoms with Crippen molar-refractivity contribution in [2.24, 2.45) is 11.1 Å². The quantitative estimate of drug-likeness (QED) is 0.634. The summed E-state index contributed by atoms with van der Waals surface area (Å²) in [6.07, 6.45) is 1.06. The zero-order valence-electron chi connectivity index (χ0n) is 20.5. The topological polar surface area (TPSA) is 81.9 Å². The Morgan fingerprint density at radius 2 is 1.85 bits per heavy atom. The smallest absolute Gasteiger partial charge is 0.338 e. The summed E-state index contributed by atoms with van der Waals surface area (Å²) in [5.41, 5.74) is 11.0. The van der Waals surface area contributed by atoms with Crippen LogP contribution < -0.4 is 15.4 Å². The highest BCUT2D eigenvalue weighted by Gasteiger charge is 2.46. The van der Waals surface area contributed by atoms with Crippen molar-refractivity contribution in [3.63, 3.8) is 0 Å². The summed E-state index contributed by atoms with van der Waals surface area (Å²) in [6, 6.07) is 15.4. The summed E-state index contributed by atoms with van der Waals surface area (Å²) in [6.45, 7) is 8.16. The third-order valence-corrected chi connectivity index (χ3v) is 6.46. The van der Waals surface area contributed by atoms with E-state index in [4.69, 9.17) is 15.2 Å². The lowest BCUT2D eigenvalue weighted by atomic mass is 9.68. The van der Waals surface area contributed by atoms with E-state index in [1.807, 2.05) is 60.4 Å². The van der Waals surface area contributed by atoms with Crippen molar-refractivity contribution in [3.05, 3.63) is 82.3 Å². The number of ether oxygens (including phenoxy) is 2. The van der Waals surface area contributed by atoms with Crippen LogP contribution in [0.15, 0.2) is 71.2 Å². The molecule has 178 valence electrons. The van der Waals surface area contributed by atoms with Crippen LogP contribution in [0.3, 0.4) is 0 Å². The van der Waals surface area contributed by atoms with Gasteiger partial charge in [0.1, 0.15) is 11.6 Å². The van der Waals surface area contributed by atoms with Gasteiger partial charge in [0.25, 0.3) is 0 Å². The summed E-state index contributed by atoms with van der Waals surface area (Å²) in [4.78, 5) is 28.9. The molecule has 6 heteroatoms. The van der Waals surface area contributed by atoms with Gasteiger partial charge in [0.2, 0.25) is 0 Å². The second kappa shape index (κ2) is 9.01. The largest absolute Gasteiger partial charge is 0.497 e. The number of nitrogens with zero attached hydrogens (tertiary/aromatic N) is 1. The predicted octanol–water partition coefficient (Wildman–Crippen LogP) is 4.98. The maximum atomic E-state index is 13.7. The third-order valence-electron chi connectivity index (χ3n) is 6.46. The highest BCUT2D eigenvalue weighted by molar-refractivity contribution is 6.05. The van der Waals surface area contributed by atoms with Gasteiger partial charge >= 0.3 is 5.97 Å². The first-order valence-corrected chi connectivity index (χ1v) is 11.6. The first-order chi connectivity index (χ1) is 16.2. The molecule has 1 aliphatic carbocycles. The molecule has 2 aromatic carbocycles. The highest BCUT2D eigenvalue weighted by atomic mass is 16.5. The van der Waals surface area contributed by atoms with E-state index in [1.165, 1.54) is 0 Å². The van der Waals surface area contributed by atoms with E-state index in [0.29, 0.717) is 35.6 Å². The molecule has 0 spiro atoms. The monoisotopic (exact) mass is 460 g/mol. The zero-order chi connectivity index (χ0) is 24.6. The number of rotatable bonds is 5. The van der Waals surface area contributed by atoms with Crippen molar-refractivity contribution in [2.45, 2.75) is 46.5 Å². The molecule has 2 aromatic rings. The van der Waals surface area contributed by atoms with E-state index in [-0.39, 0.29) is 17.8 Å². The van der Waals surface area contributed by atoms with Gasteiger partial charge in [-0.25, -0.2) is 4.79 Å². The lowest BCUT2D eigenvalue weighted by Gasteiger charge is -2.44. The molecule has 0 bridgehead atoms. The van der Waals surface area contributed by atoms with Crippen LogP contribution in [0.4, 0.5) is 5.69 Å². The lowest BCUT2D eigenvalue weighted by molar-refractivity contribution is -0.138. The number of benzene rings is 2. The number of ketones is 1. The Balaban J connectivity index is 2.01. The molecule has 0 amide bonds. The zero-order valence-corrected chi connectivity index (χ0v) is 20.5. The van der Waals surface area contributed by atoms with Gasteiger partial charge in [-0.05, 0) is 61.1 Å². The number of carbonyl (C=O) groups is 2. The van der Waals surface area contributed by atoms with E-state index in [1.54, 1.807) is 14.0 Å². The number of anilines is 1. The number of hydrogen-bond donors (Lipinski definition) is 1. The Morgan fingerprint density at radius 1 is 1.15 bits per heavy atom. The van der Waals surface area contributed by atoms with Crippen LogP contribution >= 0.6 is 0 Å². The summed E-state index contributed by atoms with van der Waals surface area (Å²) in [5, 5.41) is 0. The molecule has 1 heterocycles. The number of nitrogens with two attached hydrogens (primary N) is 1. The highest BCUT2D eigenvalue weighted by Crippen LogP contribution is 2.50. The van der Waals surface area contributed by atoms with Crippen molar-refractivity contribution in [3.8, 4) is 5.75 Å². The fourth-order valence-electron chi connectivity index (χ4n) is 5.01. The van der Waals surface area contributed by atoms with E-state index >= 15 is 0 Å². The van der Waals surface area contributed by atoms with Gasteiger partial charge in [0.05, 0.1) is 25.2 Å². The van der Waals surface area contributed by atoms with Gasteiger partial charge in [-0.2, -0.15) is 0 Å². The average Bonchev–Trinajstić information content (AvgIpc) is 2.77. The van der Waals surface area contributed by atoms with Crippen LogP contribution in [0.5, 0.6) is 5.75 Å². The molecule has 1 atom stereocenters. The van der Waals surface area contributed by atoms with Crippen molar-refractivity contribution in [1.29, 1.82) is 0 Å². The molecule has 34 heavy (non-hydrogen) atoms. The molecule has 4 rings (SSSR count). The van der Waals surface area contributed by atoms with Crippen molar-refractivity contribution in [2.75, 3.05) is 18.6 Å². The molecule has 6 nitrogen and oxygen atoms in total. The van der Waals surface area contributed by atoms with Gasteiger partial charge in [-0.1, -0.05) is 38.1 Å². The van der Waals surface area contributed by atoms with Crippen LogP contribution in [0.2, 0.25) is 0 Å². The second-order valence-electron chi connectivity index (χ2n) is 9.70. The summed E-state index contributed by atoms with van der Waals surface area (Å²) in [7, 11) is 1.60. The number of aryl methyl sites for hydroxylation is 1. The van der Waals surface area contributed by atoms with Crippen LogP contribution in [-0.4, -0.2) is 25.5 Å². The van der Waals surface area contributed by atoms with Crippen molar-refractivity contribution in [1.82, 2.24) is 0 Å². The van der Waals surface area contributed by atoms with Gasteiger partial charge in [0, 0.05) is 23.4 Å². The summed E-state index contributed by atoms with van der Waals surface area (Å²) < 4.78 is 10.8. The average molecular weight is 461 g/mol. The molecule has 0 saturated carbocycles. The molecule has 0 radical (unpaired) electrons. The summed E-state index contributed by atoms with van der Waals surface area (Å²) >= 11 is 0. The minimum Gasteiger partial charge on any atom is -0.497 e. The van der Waals surface area contributed by atoms with Crippen LogP contribution in [0, 0.1) is 12.3 Å². The molecular formula is C28H32N2O4. The normalized spacial score (nSPS) is 19.7. The van der Waals surface area contributed by atoms with E-state index in [0.717, 1.165) is 22.5 Å². The number of methoxy groups -OCH3 is 1. The van der Waals surface area contributed by atoms with Crippen LogP contribution in [0.1, 0.15) is 50.7 Å². The van der Waals surface area contributed by atoms with Crippen LogP contribution in [0.25, 0.3) is 0 Å². The van der Waals surface area contributed by atoms with Gasteiger partial charge in [-0.3, -0.25) is 9.69 Å². The molecule has 1 aliphatic heterocycles. The molecule has 0 saturated heterocycles. The molecule has 2 aliphatic rings. The van der Waals surface area contributed by atoms with Gasteiger partial charge in [0.15, 0.2) is 5.78 Å². The Hall–Kier alpha value is -3.54. The first kappa shape index (κ1) is 23.6. The lowest BCUT2D eigenvalue weighted by Crippen LogP contribution is -2.43. The molecule has 2 N–H and O–H groups in total. The Morgan fingerprint density at radius 3 is 2.47 bits per heavy atom. The second-order valence-corrected chi connectivity index (χ2v) is 9.70. The van der Waals surface area contributed by atoms with Crippen molar-refractivity contribution >= 4 is 17.4 Å². The van der Waals surface area contributed by atoms with E-state index < -0.39 is 11.9 Å². The first-order valence-electron chi connectivity index (χ1n) is 11.6. The molecule has 0 unspecified atom stereocenters. The molecule has 0 aromatic heterocycles. The standard InChI is InChI=1S/C28H32N2O4/c1-6-34-27(32)25-23(18-10-12-20(33-5)13-11-18)24-21(15-28(3,4)16-22(24)31)30(26(25)29)19-9-7-8-17(2)14-19/h7-14,23H,6,15-16,29H2,1-5H3/t23-/m0/s1. The maximum Gasteiger partial charge on any atom is 0.338 e. The van der Waals surface area contributed by atoms with Crippen molar-refractivity contribution < 1.29 is 19.1 Å².